The van der Waals surface area contributed by atoms with E-state index < -0.39 is 6.03 Å². The predicted octanol–water partition coefficient (Wildman–Crippen LogP) is -0.0348. The molecular formula is C14H24N4O3. The Morgan fingerprint density at radius 3 is 2.62 bits per heavy atom. The molecule has 1 aliphatic heterocycles. The van der Waals surface area contributed by atoms with Crippen LogP contribution in [0.3, 0.4) is 0 Å². The van der Waals surface area contributed by atoms with Crippen molar-refractivity contribution in [3.63, 3.8) is 0 Å². The lowest BCUT2D eigenvalue weighted by molar-refractivity contribution is -0.127. The summed E-state index contributed by atoms with van der Waals surface area (Å²) in [5.41, 5.74) is 0. The van der Waals surface area contributed by atoms with Gasteiger partial charge in [0.25, 0.3) is 0 Å². The fourth-order valence-corrected chi connectivity index (χ4v) is 2.47. The Balaban J connectivity index is 1.75. The summed E-state index contributed by atoms with van der Waals surface area (Å²) < 4.78 is 0. The number of nitrogens with zero attached hydrogens (tertiary/aromatic N) is 1. The fraction of sp³-hybridized carbons (Fsp3) is 0.786. The molecule has 4 amide bonds. The summed E-state index contributed by atoms with van der Waals surface area (Å²) in [6, 6.07) is -0.385. The highest BCUT2D eigenvalue weighted by Crippen LogP contribution is 2.22. The molecule has 7 heteroatoms. The van der Waals surface area contributed by atoms with Gasteiger partial charge >= 0.3 is 6.03 Å². The van der Waals surface area contributed by atoms with Crippen LogP contribution in [-0.2, 0) is 9.59 Å². The average molecular weight is 296 g/mol. The molecule has 0 radical (unpaired) electrons. The van der Waals surface area contributed by atoms with Crippen molar-refractivity contribution in [2.24, 2.45) is 0 Å². The maximum absolute atomic E-state index is 12.1. The third-order valence-corrected chi connectivity index (χ3v) is 3.73. The molecule has 0 aromatic rings. The Bertz CT molecular complexity index is 409. The number of carbonyl (C=O) groups excluding carboxylic acids is 3. The van der Waals surface area contributed by atoms with E-state index in [-0.39, 0.29) is 24.4 Å². The molecule has 0 aromatic carbocycles. The summed E-state index contributed by atoms with van der Waals surface area (Å²) in [7, 11) is 0. The smallest absolute Gasteiger partial charge is 0.321 e. The molecule has 118 valence electrons. The third-order valence-electron chi connectivity index (χ3n) is 3.73. The van der Waals surface area contributed by atoms with Gasteiger partial charge < -0.3 is 10.6 Å². The van der Waals surface area contributed by atoms with Gasteiger partial charge in [0.1, 0.15) is 0 Å². The Kier molecular flexibility index (Phi) is 5.55. The van der Waals surface area contributed by atoms with E-state index in [0.29, 0.717) is 19.1 Å². The fourth-order valence-electron chi connectivity index (χ4n) is 2.47. The minimum Gasteiger partial charge on any atom is -0.352 e. The Morgan fingerprint density at radius 2 is 1.95 bits per heavy atom. The highest BCUT2D eigenvalue weighted by atomic mass is 16.2. The van der Waals surface area contributed by atoms with Crippen LogP contribution in [0.5, 0.6) is 0 Å². The van der Waals surface area contributed by atoms with Gasteiger partial charge in [0, 0.05) is 12.6 Å². The molecule has 1 heterocycles. The van der Waals surface area contributed by atoms with Gasteiger partial charge in [-0.15, -0.1) is 0 Å². The van der Waals surface area contributed by atoms with Gasteiger partial charge in [-0.3, -0.25) is 19.8 Å². The van der Waals surface area contributed by atoms with Crippen LogP contribution in [0.15, 0.2) is 0 Å². The van der Waals surface area contributed by atoms with Crippen LogP contribution in [-0.4, -0.2) is 54.5 Å². The first kappa shape index (κ1) is 15.8. The van der Waals surface area contributed by atoms with Crippen LogP contribution in [0.1, 0.15) is 39.0 Å². The summed E-state index contributed by atoms with van der Waals surface area (Å²) in [4.78, 5) is 37.2. The molecule has 1 atom stereocenters. The van der Waals surface area contributed by atoms with Crippen molar-refractivity contribution in [3.05, 3.63) is 0 Å². The molecule has 3 N–H and O–H groups in total. The topological polar surface area (TPSA) is 90.5 Å². The van der Waals surface area contributed by atoms with Crippen molar-refractivity contribution in [3.8, 4) is 0 Å². The van der Waals surface area contributed by atoms with E-state index in [0.717, 1.165) is 32.1 Å². The van der Waals surface area contributed by atoms with Crippen LogP contribution in [0.2, 0.25) is 0 Å². The number of amides is 4. The largest absolute Gasteiger partial charge is 0.352 e. The SMILES string of the molecule is CCCNC(=O)NC(=O)CN1CCCC1C(=O)NC1CC1. The van der Waals surface area contributed by atoms with E-state index in [1.165, 1.54) is 0 Å². The number of hydrogen-bond acceptors (Lipinski definition) is 4. The van der Waals surface area contributed by atoms with Gasteiger partial charge in [-0.05, 0) is 38.6 Å². The molecule has 0 aromatic heterocycles. The number of imide groups is 1. The summed E-state index contributed by atoms with van der Waals surface area (Å²) in [6.07, 6.45) is 4.59. The van der Waals surface area contributed by atoms with Gasteiger partial charge in [0.2, 0.25) is 11.8 Å². The molecular weight excluding hydrogens is 272 g/mol. The van der Waals surface area contributed by atoms with Crippen molar-refractivity contribution in [1.82, 2.24) is 20.9 Å². The molecule has 2 fully saturated rings. The molecule has 21 heavy (non-hydrogen) atoms. The first-order chi connectivity index (χ1) is 10.1. The standard InChI is InChI=1S/C14H24N4O3/c1-2-7-15-14(21)17-12(19)9-18-8-3-4-11(18)13(20)16-10-5-6-10/h10-11H,2-9H2,1H3,(H,16,20)(H2,15,17,19,21). The second-order valence-corrected chi connectivity index (χ2v) is 5.72. The first-order valence-corrected chi connectivity index (χ1v) is 7.72. The maximum Gasteiger partial charge on any atom is 0.321 e. The zero-order chi connectivity index (χ0) is 15.2. The van der Waals surface area contributed by atoms with E-state index in [9.17, 15) is 14.4 Å². The van der Waals surface area contributed by atoms with E-state index in [2.05, 4.69) is 16.0 Å². The van der Waals surface area contributed by atoms with E-state index in [1.54, 1.807) is 0 Å². The molecule has 2 aliphatic rings. The summed E-state index contributed by atoms with van der Waals surface area (Å²) in [5, 5.41) is 7.86. The molecule has 2 rings (SSSR count). The van der Waals surface area contributed by atoms with Crippen molar-refractivity contribution in [1.29, 1.82) is 0 Å². The van der Waals surface area contributed by atoms with Gasteiger partial charge in [-0.1, -0.05) is 6.92 Å². The third kappa shape index (κ3) is 5.00. The zero-order valence-electron chi connectivity index (χ0n) is 12.5. The summed E-state index contributed by atoms with van der Waals surface area (Å²) >= 11 is 0. The number of likely N-dealkylation sites (tertiary alicyclic amines) is 1. The van der Waals surface area contributed by atoms with Crippen molar-refractivity contribution in [2.75, 3.05) is 19.6 Å². The van der Waals surface area contributed by atoms with Gasteiger partial charge in [-0.25, -0.2) is 4.79 Å². The minimum atomic E-state index is -0.472. The molecule has 0 spiro atoms. The number of nitrogens with one attached hydrogen (secondary N) is 3. The summed E-state index contributed by atoms with van der Waals surface area (Å²) in [6.45, 7) is 3.28. The summed E-state index contributed by atoms with van der Waals surface area (Å²) in [5.74, 6) is -0.354. The molecule has 1 unspecified atom stereocenters. The Labute approximate surface area is 124 Å². The number of hydrogen-bond donors (Lipinski definition) is 3. The van der Waals surface area contributed by atoms with E-state index in [4.69, 9.17) is 0 Å². The van der Waals surface area contributed by atoms with Crippen molar-refractivity contribution < 1.29 is 14.4 Å². The maximum atomic E-state index is 12.1. The normalized spacial score (nSPS) is 21.9. The van der Waals surface area contributed by atoms with Gasteiger partial charge in [-0.2, -0.15) is 0 Å². The van der Waals surface area contributed by atoms with E-state index >= 15 is 0 Å². The molecule has 0 bridgehead atoms. The second kappa shape index (κ2) is 7.40. The Hall–Kier alpha value is -1.63. The highest BCUT2D eigenvalue weighted by molar-refractivity contribution is 5.95. The number of carbonyl (C=O) groups is 3. The van der Waals surface area contributed by atoms with Crippen LogP contribution in [0, 0.1) is 0 Å². The minimum absolute atomic E-state index is 0.0123. The van der Waals surface area contributed by atoms with Crippen LogP contribution in [0.4, 0.5) is 4.79 Å². The monoisotopic (exact) mass is 296 g/mol. The molecule has 1 saturated carbocycles. The lowest BCUT2D eigenvalue weighted by atomic mass is 10.2. The van der Waals surface area contributed by atoms with Gasteiger partial charge in [0.15, 0.2) is 0 Å². The molecule has 1 aliphatic carbocycles. The number of urea groups is 1. The lowest BCUT2D eigenvalue weighted by Gasteiger charge is -2.22. The first-order valence-electron chi connectivity index (χ1n) is 7.72. The number of rotatable bonds is 6. The van der Waals surface area contributed by atoms with Crippen LogP contribution in [0.25, 0.3) is 0 Å². The predicted molar refractivity (Wildman–Crippen MR) is 77.6 cm³/mol. The zero-order valence-corrected chi connectivity index (χ0v) is 12.5. The van der Waals surface area contributed by atoms with Crippen LogP contribution < -0.4 is 16.0 Å². The Morgan fingerprint density at radius 1 is 1.19 bits per heavy atom. The van der Waals surface area contributed by atoms with Crippen molar-refractivity contribution >= 4 is 17.8 Å². The molecule has 1 saturated heterocycles. The van der Waals surface area contributed by atoms with Gasteiger partial charge in [0.05, 0.1) is 12.6 Å². The van der Waals surface area contributed by atoms with E-state index in [1.807, 2.05) is 11.8 Å². The second-order valence-electron chi connectivity index (χ2n) is 5.72. The quantitative estimate of drug-likeness (QED) is 0.642. The van der Waals surface area contributed by atoms with Crippen LogP contribution >= 0.6 is 0 Å². The highest BCUT2D eigenvalue weighted by Gasteiger charge is 2.34. The van der Waals surface area contributed by atoms with Crippen molar-refractivity contribution in [2.45, 2.75) is 51.1 Å². The average Bonchev–Trinajstić information content (AvgIpc) is 3.12. The lowest BCUT2D eigenvalue weighted by Crippen LogP contribution is -2.49. The molecule has 7 nitrogen and oxygen atoms in total.